The fourth-order valence-electron chi connectivity index (χ4n) is 1.50. The lowest BCUT2D eigenvalue weighted by molar-refractivity contribution is 0.708. The molecule has 0 saturated heterocycles. The van der Waals surface area contributed by atoms with Crippen molar-refractivity contribution < 1.29 is 0 Å². The quantitative estimate of drug-likeness (QED) is 0.833. The van der Waals surface area contributed by atoms with Gasteiger partial charge in [0.15, 0.2) is 0 Å². The largest absolute Gasteiger partial charge is 0.341 e. The lowest BCUT2D eigenvalue weighted by atomic mass is 10.3. The van der Waals surface area contributed by atoms with E-state index >= 15 is 0 Å². The van der Waals surface area contributed by atoms with Crippen LogP contribution in [0.1, 0.15) is 12.2 Å². The molecular weight excluding hydrogens is 286 g/mol. The molecule has 2 aromatic heterocycles. The van der Waals surface area contributed by atoms with E-state index in [9.17, 15) is 0 Å². The van der Waals surface area contributed by atoms with Crippen LogP contribution in [0, 0.1) is 0 Å². The summed E-state index contributed by atoms with van der Waals surface area (Å²) in [4.78, 5) is 8.96. The summed E-state index contributed by atoms with van der Waals surface area (Å²) in [5.41, 5.74) is 1.11. The summed E-state index contributed by atoms with van der Waals surface area (Å²) in [5.74, 6) is 1.06. The first-order valence-corrected chi connectivity index (χ1v) is 6.90. The molecule has 86 valence electrons. The molecule has 2 rings (SSSR count). The highest BCUT2D eigenvalue weighted by Gasteiger charge is 2.05. The van der Waals surface area contributed by atoms with Crippen molar-refractivity contribution in [3.8, 4) is 10.6 Å². The summed E-state index contributed by atoms with van der Waals surface area (Å²) in [7, 11) is 1.97. The van der Waals surface area contributed by atoms with Crippen LogP contribution in [0.15, 0.2) is 22.1 Å². The predicted octanol–water partition coefficient (Wildman–Crippen LogP) is 3.05. The van der Waals surface area contributed by atoms with Gasteiger partial charge in [-0.05, 0) is 42.0 Å². The third kappa shape index (κ3) is 2.93. The maximum Gasteiger partial charge on any atom is 0.106 e. The highest BCUT2D eigenvalue weighted by atomic mass is 79.9. The lowest BCUT2D eigenvalue weighted by Gasteiger charge is -1.96. The van der Waals surface area contributed by atoms with Gasteiger partial charge in [-0.15, -0.1) is 11.3 Å². The molecule has 5 heteroatoms. The van der Waals surface area contributed by atoms with Crippen LogP contribution in [0.3, 0.4) is 0 Å². The van der Waals surface area contributed by atoms with Gasteiger partial charge in [0.25, 0.3) is 0 Å². The fourth-order valence-corrected chi connectivity index (χ4v) is 2.90. The van der Waals surface area contributed by atoms with E-state index in [0.717, 1.165) is 35.4 Å². The lowest BCUT2D eigenvalue weighted by Crippen LogP contribution is -2.08. The van der Waals surface area contributed by atoms with Crippen LogP contribution in [0.2, 0.25) is 0 Å². The first-order valence-electron chi connectivity index (χ1n) is 5.22. The van der Waals surface area contributed by atoms with E-state index in [1.807, 2.05) is 13.2 Å². The number of rotatable bonds is 5. The SMILES string of the molecule is CNCCCc1ncc(-c2cc(Br)cs2)[nH]1. The van der Waals surface area contributed by atoms with E-state index in [2.05, 4.69) is 42.7 Å². The third-order valence-corrected chi connectivity index (χ3v) is 4.03. The number of aryl methyl sites for hydroxylation is 1. The number of nitrogens with zero attached hydrogens (tertiary/aromatic N) is 1. The Bertz CT molecular complexity index is 450. The molecule has 2 aromatic rings. The minimum Gasteiger partial charge on any atom is -0.341 e. The van der Waals surface area contributed by atoms with E-state index in [4.69, 9.17) is 0 Å². The van der Waals surface area contributed by atoms with E-state index in [-0.39, 0.29) is 0 Å². The molecule has 0 fully saturated rings. The minimum atomic E-state index is 0.993. The van der Waals surface area contributed by atoms with Crippen molar-refractivity contribution in [3.63, 3.8) is 0 Å². The smallest absolute Gasteiger partial charge is 0.106 e. The van der Waals surface area contributed by atoms with Gasteiger partial charge in [-0.2, -0.15) is 0 Å². The first kappa shape index (κ1) is 11.8. The van der Waals surface area contributed by atoms with Crippen molar-refractivity contribution in [2.45, 2.75) is 12.8 Å². The van der Waals surface area contributed by atoms with Crippen LogP contribution >= 0.6 is 27.3 Å². The maximum absolute atomic E-state index is 4.38. The van der Waals surface area contributed by atoms with E-state index < -0.39 is 0 Å². The van der Waals surface area contributed by atoms with Crippen LogP contribution < -0.4 is 5.32 Å². The molecule has 0 spiro atoms. The Hall–Kier alpha value is -0.650. The van der Waals surface area contributed by atoms with Crippen LogP contribution in [-0.2, 0) is 6.42 Å². The van der Waals surface area contributed by atoms with E-state index in [1.165, 1.54) is 4.88 Å². The first-order chi connectivity index (χ1) is 7.79. The van der Waals surface area contributed by atoms with Crippen molar-refractivity contribution >= 4 is 27.3 Å². The zero-order valence-corrected chi connectivity index (χ0v) is 11.5. The minimum absolute atomic E-state index is 0.993. The summed E-state index contributed by atoms with van der Waals surface area (Å²) < 4.78 is 1.12. The number of H-pyrrole nitrogens is 1. The number of halogens is 1. The van der Waals surface area contributed by atoms with Gasteiger partial charge in [-0.25, -0.2) is 4.98 Å². The number of aromatic nitrogens is 2. The second kappa shape index (κ2) is 5.61. The number of imidazole rings is 1. The zero-order valence-electron chi connectivity index (χ0n) is 9.09. The molecule has 0 amide bonds. The Morgan fingerprint density at radius 3 is 3.12 bits per heavy atom. The molecule has 0 radical (unpaired) electrons. The Balaban J connectivity index is 2.02. The molecule has 16 heavy (non-hydrogen) atoms. The molecule has 0 aliphatic heterocycles. The molecular formula is C11H14BrN3S. The number of aromatic amines is 1. The van der Waals surface area contributed by atoms with Crippen molar-refractivity contribution in [1.29, 1.82) is 0 Å². The van der Waals surface area contributed by atoms with Crippen molar-refractivity contribution in [2.24, 2.45) is 0 Å². The van der Waals surface area contributed by atoms with Crippen LogP contribution in [-0.4, -0.2) is 23.6 Å². The molecule has 3 nitrogen and oxygen atoms in total. The molecule has 0 atom stereocenters. The van der Waals surface area contributed by atoms with Gasteiger partial charge in [-0.3, -0.25) is 0 Å². The second-order valence-electron chi connectivity index (χ2n) is 3.58. The standard InChI is InChI=1S/C11H14BrN3S/c1-13-4-2-3-11-14-6-9(15-11)10-5-8(12)7-16-10/h5-7,13H,2-4H2,1H3,(H,14,15). The van der Waals surface area contributed by atoms with Gasteiger partial charge in [0.05, 0.1) is 16.8 Å². The molecule has 2 N–H and O–H groups in total. The van der Waals surface area contributed by atoms with Crippen LogP contribution in [0.4, 0.5) is 0 Å². The summed E-state index contributed by atoms with van der Waals surface area (Å²) in [6.07, 6.45) is 4.01. The Morgan fingerprint density at radius 1 is 1.56 bits per heavy atom. The predicted molar refractivity (Wildman–Crippen MR) is 71.8 cm³/mol. The van der Waals surface area contributed by atoms with Gasteiger partial charge in [0, 0.05) is 16.3 Å². The average molecular weight is 300 g/mol. The average Bonchev–Trinajstić information content (AvgIpc) is 2.87. The molecule has 0 saturated carbocycles. The van der Waals surface area contributed by atoms with Crippen molar-refractivity contribution in [3.05, 3.63) is 27.9 Å². The highest BCUT2D eigenvalue weighted by molar-refractivity contribution is 9.10. The van der Waals surface area contributed by atoms with Gasteiger partial charge >= 0.3 is 0 Å². The molecule has 0 bridgehead atoms. The topological polar surface area (TPSA) is 40.7 Å². The summed E-state index contributed by atoms with van der Waals surface area (Å²) in [6.45, 7) is 1.03. The Labute approximate surface area is 107 Å². The molecule has 2 heterocycles. The summed E-state index contributed by atoms with van der Waals surface area (Å²) in [6, 6.07) is 2.11. The number of hydrogen-bond donors (Lipinski definition) is 2. The van der Waals surface area contributed by atoms with E-state index in [1.54, 1.807) is 11.3 Å². The van der Waals surface area contributed by atoms with Crippen LogP contribution in [0.25, 0.3) is 10.6 Å². The zero-order chi connectivity index (χ0) is 11.4. The van der Waals surface area contributed by atoms with Gasteiger partial charge in [0.1, 0.15) is 5.82 Å². The number of thiophene rings is 1. The van der Waals surface area contributed by atoms with Gasteiger partial charge < -0.3 is 10.3 Å². The highest BCUT2D eigenvalue weighted by Crippen LogP contribution is 2.28. The number of hydrogen-bond acceptors (Lipinski definition) is 3. The molecule has 0 unspecified atom stereocenters. The van der Waals surface area contributed by atoms with E-state index in [0.29, 0.717) is 0 Å². The van der Waals surface area contributed by atoms with Crippen molar-refractivity contribution in [1.82, 2.24) is 15.3 Å². The van der Waals surface area contributed by atoms with Gasteiger partial charge in [-0.1, -0.05) is 0 Å². The molecule has 0 aliphatic rings. The maximum atomic E-state index is 4.38. The number of nitrogens with one attached hydrogen (secondary N) is 2. The van der Waals surface area contributed by atoms with Crippen molar-refractivity contribution in [2.75, 3.05) is 13.6 Å². The Kier molecular flexibility index (Phi) is 4.15. The third-order valence-electron chi connectivity index (χ3n) is 2.30. The second-order valence-corrected chi connectivity index (χ2v) is 5.41. The monoisotopic (exact) mass is 299 g/mol. The molecule has 0 aromatic carbocycles. The summed E-state index contributed by atoms with van der Waals surface area (Å²) >= 11 is 5.17. The normalized spacial score (nSPS) is 10.9. The Morgan fingerprint density at radius 2 is 2.44 bits per heavy atom. The fraction of sp³-hybridized carbons (Fsp3) is 0.364. The van der Waals surface area contributed by atoms with Gasteiger partial charge in [0.2, 0.25) is 0 Å². The molecule has 0 aliphatic carbocycles. The van der Waals surface area contributed by atoms with Crippen LogP contribution in [0.5, 0.6) is 0 Å². The summed E-state index contributed by atoms with van der Waals surface area (Å²) in [5, 5.41) is 5.21.